The maximum Gasteiger partial charge on any atom is -1.00 e. The SMILES string of the molecule is Cc1c(C)[n+](C(C)C)[c]([Ge]([CH3])([I])[I])n1C(C)C.[I-]. The molecule has 0 atom stereocenters. The van der Waals surface area contributed by atoms with Crippen molar-refractivity contribution in [2.45, 2.75) is 59.4 Å². The molecule has 1 heterocycles. The Hall–Kier alpha value is 1.94. The average molecular weight is 649 g/mol. The van der Waals surface area contributed by atoms with Crippen molar-refractivity contribution in [3.63, 3.8) is 0 Å². The minimum absolute atomic E-state index is 0. The molecule has 0 N–H and O–H groups in total. The van der Waals surface area contributed by atoms with Crippen LogP contribution in [0.15, 0.2) is 0 Å². The van der Waals surface area contributed by atoms with Crippen LogP contribution in [0.5, 0.6) is 0 Å². The Balaban J connectivity index is 0.00000289. The summed E-state index contributed by atoms with van der Waals surface area (Å²) in [4.78, 5) is 0. The van der Waals surface area contributed by atoms with Crippen LogP contribution >= 0.6 is 40.4 Å². The molecule has 1 rings (SSSR count). The molecule has 0 aromatic carbocycles. The van der Waals surface area contributed by atoms with Gasteiger partial charge in [0.15, 0.2) is 0 Å². The summed E-state index contributed by atoms with van der Waals surface area (Å²) < 4.78 is 6.73. The van der Waals surface area contributed by atoms with E-state index in [0.29, 0.717) is 12.1 Å². The normalized spacial score (nSPS) is 12.2. The summed E-state index contributed by atoms with van der Waals surface area (Å²) in [5.74, 6) is 2.47. The number of nitrogens with zero attached hydrogens (tertiary/aromatic N) is 2. The Labute approximate surface area is 153 Å². The predicted octanol–water partition coefficient (Wildman–Crippen LogP) is 0.707. The van der Waals surface area contributed by atoms with Crippen LogP contribution in [0.1, 0.15) is 51.2 Å². The van der Waals surface area contributed by atoms with Gasteiger partial charge in [0.25, 0.3) is 0 Å². The summed E-state index contributed by atoms with van der Waals surface area (Å²) in [6.45, 7) is 11.8. The van der Waals surface area contributed by atoms with Crippen molar-refractivity contribution in [1.82, 2.24) is 4.57 Å². The van der Waals surface area contributed by atoms with Gasteiger partial charge >= 0.3 is 132 Å². The molecule has 0 spiro atoms. The van der Waals surface area contributed by atoms with Gasteiger partial charge in [-0.2, -0.15) is 0 Å². The third-order valence-corrected chi connectivity index (χ3v) is 10.8. The molecule has 6 heteroatoms. The van der Waals surface area contributed by atoms with Crippen molar-refractivity contribution in [2.24, 2.45) is 0 Å². The number of imidazole rings is 1. The number of hydrogen-bond acceptors (Lipinski definition) is 0. The van der Waals surface area contributed by atoms with Gasteiger partial charge in [0.1, 0.15) is 0 Å². The number of rotatable bonds is 3. The Kier molecular flexibility index (Phi) is 8.07. The van der Waals surface area contributed by atoms with E-state index in [0.717, 1.165) is 0 Å². The van der Waals surface area contributed by atoms with Crippen LogP contribution in [-0.2, 0) is 0 Å². The summed E-state index contributed by atoms with van der Waals surface area (Å²) >= 11 is 5.45. The van der Waals surface area contributed by atoms with E-state index in [9.17, 15) is 0 Å². The zero-order chi connectivity index (χ0) is 13.5. The van der Waals surface area contributed by atoms with E-state index >= 15 is 0 Å². The van der Waals surface area contributed by atoms with Crippen molar-refractivity contribution in [1.29, 1.82) is 0 Å². The third kappa shape index (κ3) is 3.99. The number of hydrogen-bond donors (Lipinski definition) is 0. The van der Waals surface area contributed by atoms with E-state index in [1.807, 2.05) is 0 Å². The van der Waals surface area contributed by atoms with Gasteiger partial charge in [0.2, 0.25) is 0 Å². The molecule has 106 valence electrons. The molecule has 0 fully saturated rings. The first-order chi connectivity index (χ1) is 7.59. The molecular formula is C12H23GeI3N2. The molecule has 0 bridgehead atoms. The second-order valence-electron chi connectivity index (χ2n) is 5.31. The summed E-state index contributed by atoms with van der Waals surface area (Å²) in [6.07, 6.45) is 0. The second-order valence-corrected chi connectivity index (χ2v) is 43.1. The van der Waals surface area contributed by atoms with Crippen LogP contribution in [0.2, 0.25) is 5.76 Å². The van der Waals surface area contributed by atoms with Gasteiger partial charge < -0.3 is 24.0 Å². The predicted molar refractivity (Wildman–Crippen MR) is 94.2 cm³/mol. The molecule has 0 saturated carbocycles. The summed E-state index contributed by atoms with van der Waals surface area (Å²) in [5.41, 5.74) is 2.88. The second kappa shape index (κ2) is 7.28. The van der Waals surface area contributed by atoms with Gasteiger partial charge in [-0.05, 0) is 0 Å². The summed E-state index contributed by atoms with van der Waals surface area (Å²) in [7, 11) is 0. The molecule has 1 aromatic rings. The van der Waals surface area contributed by atoms with Gasteiger partial charge in [-0.15, -0.1) is 0 Å². The maximum absolute atomic E-state index is 2.72. The van der Waals surface area contributed by atoms with E-state index in [4.69, 9.17) is 0 Å². The van der Waals surface area contributed by atoms with Crippen molar-refractivity contribution < 1.29 is 28.5 Å². The van der Waals surface area contributed by atoms with Crippen LogP contribution in [0.3, 0.4) is 0 Å². The average Bonchev–Trinajstić information content (AvgIpc) is 2.39. The Morgan fingerprint density at radius 2 is 1.56 bits per heavy atom. The zero-order valence-electron chi connectivity index (χ0n) is 12.2. The first-order valence-electron chi connectivity index (χ1n) is 6.10. The van der Waals surface area contributed by atoms with Crippen molar-refractivity contribution in [3.8, 4) is 0 Å². The van der Waals surface area contributed by atoms with Crippen molar-refractivity contribution >= 4 is 51.7 Å². The van der Waals surface area contributed by atoms with Gasteiger partial charge in [0, 0.05) is 0 Å². The monoisotopic (exact) mass is 650 g/mol. The van der Waals surface area contributed by atoms with Crippen molar-refractivity contribution in [2.75, 3.05) is 0 Å². The van der Waals surface area contributed by atoms with E-state index < -0.39 is 6.65 Å². The fourth-order valence-corrected chi connectivity index (χ4v) is 11.4. The number of aromatic nitrogens is 2. The Bertz CT molecular complexity index is 388. The topological polar surface area (TPSA) is 8.81 Å². The Morgan fingerprint density at radius 3 is 1.83 bits per heavy atom. The molecule has 0 aliphatic rings. The molecule has 0 aliphatic carbocycles. The minimum Gasteiger partial charge on any atom is -1.00 e. The van der Waals surface area contributed by atoms with Gasteiger partial charge in [-0.1, -0.05) is 0 Å². The minimum atomic E-state index is -1.92. The van der Waals surface area contributed by atoms with Crippen LogP contribution in [0.25, 0.3) is 0 Å². The third-order valence-electron chi connectivity index (χ3n) is 3.13. The molecule has 18 heavy (non-hydrogen) atoms. The summed E-state index contributed by atoms with van der Waals surface area (Å²) in [5, 5.41) is 0. The van der Waals surface area contributed by atoms with Crippen LogP contribution in [-0.4, -0.2) is 11.2 Å². The first kappa shape index (κ1) is 19.9. The van der Waals surface area contributed by atoms with Crippen LogP contribution < -0.4 is 33.2 Å². The standard InChI is InChI=1S/C12H23GeI2N2.HI/c1-8(2)16-10(5)11(6)17(9(3)4)12(16)13(7,14)15;/h8-9H,1-7H3;1H/q+1;/p-1. The number of halogens is 3. The Morgan fingerprint density at radius 1 is 1.11 bits per heavy atom. The first-order valence-corrected chi connectivity index (χ1v) is 22.0. The molecule has 2 nitrogen and oxygen atoms in total. The molecule has 0 amide bonds. The van der Waals surface area contributed by atoms with Gasteiger partial charge in [-0.25, -0.2) is 0 Å². The van der Waals surface area contributed by atoms with E-state index in [1.165, 1.54) is 11.4 Å². The van der Waals surface area contributed by atoms with E-state index in [-0.39, 0.29) is 24.0 Å². The maximum atomic E-state index is 2.72. The zero-order valence-corrected chi connectivity index (χ0v) is 20.8. The van der Waals surface area contributed by atoms with Gasteiger partial charge in [-0.3, -0.25) is 0 Å². The molecule has 1 aromatic heterocycles. The smallest absolute Gasteiger partial charge is 1.00 e. The van der Waals surface area contributed by atoms with Crippen LogP contribution in [0.4, 0.5) is 0 Å². The van der Waals surface area contributed by atoms with E-state index in [1.54, 1.807) is 4.66 Å². The molecule has 0 unspecified atom stereocenters. The summed E-state index contributed by atoms with van der Waals surface area (Å²) in [6, 6.07) is 1.11. The molecular weight excluding hydrogens is 625 g/mol. The molecule has 0 aliphatic heterocycles. The van der Waals surface area contributed by atoms with Gasteiger partial charge in [0.05, 0.1) is 0 Å². The van der Waals surface area contributed by atoms with Crippen molar-refractivity contribution in [3.05, 3.63) is 11.4 Å². The largest absolute Gasteiger partial charge is 1.00 e. The van der Waals surface area contributed by atoms with E-state index in [2.05, 4.69) is 96.9 Å². The fraction of sp³-hybridized carbons (Fsp3) is 0.750. The van der Waals surface area contributed by atoms with Crippen LogP contribution in [0, 0.1) is 13.8 Å². The fourth-order valence-electron chi connectivity index (χ4n) is 2.47. The quantitative estimate of drug-likeness (QED) is 0.260. The molecule has 0 saturated heterocycles. The molecule has 0 radical (unpaired) electrons.